The van der Waals surface area contributed by atoms with Gasteiger partial charge < -0.3 is 14.8 Å². The fourth-order valence-corrected chi connectivity index (χ4v) is 1.56. The van der Waals surface area contributed by atoms with Crippen molar-refractivity contribution in [2.75, 3.05) is 6.61 Å². The first kappa shape index (κ1) is 9.54. The quantitative estimate of drug-likeness (QED) is 0.451. The molecule has 0 aromatic heterocycles. The maximum absolute atomic E-state index is 11.1. The number of ether oxygens (including phenoxy) is 1. The molecule has 1 rings (SSSR count). The molecule has 2 N–H and O–H groups in total. The van der Waals surface area contributed by atoms with Gasteiger partial charge in [-0.2, -0.15) is 0 Å². The van der Waals surface area contributed by atoms with Gasteiger partial charge in [-0.15, -0.1) is 0 Å². The van der Waals surface area contributed by atoms with E-state index in [0.717, 1.165) is 0 Å². The largest absolute Gasteiger partial charge is 0.466 e. The van der Waals surface area contributed by atoms with Gasteiger partial charge in [0.1, 0.15) is 0 Å². The van der Waals surface area contributed by atoms with Crippen LogP contribution in [0.4, 0.5) is 0 Å². The van der Waals surface area contributed by atoms with Gasteiger partial charge in [-0.1, -0.05) is 6.92 Å². The van der Waals surface area contributed by atoms with Crippen LogP contribution in [0.25, 0.3) is 0 Å². The van der Waals surface area contributed by atoms with Crippen LogP contribution in [0.2, 0.25) is 5.82 Å². The van der Waals surface area contributed by atoms with Crippen LogP contribution in [0.3, 0.4) is 0 Å². The second-order valence-electron chi connectivity index (χ2n) is 3.13. The predicted octanol–water partition coefficient (Wildman–Crippen LogP) is -0.342. The summed E-state index contributed by atoms with van der Waals surface area (Å²) in [6, 6.07) is 0. The summed E-state index contributed by atoms with van der Waals surface area (Å²) in [5.41, 5.74) is 0. The van der Waals surface area contributed by atoms with Crippen LogP contribution in [-0.4, -0.2) is 29.7 Å². The lowest BCUT2D eigenvalue weighted by molar-refractivity contribution is -0.145. The van der Waals surface area contributed by atoms with E-state index in [0.29, 0.717) is 6.61 Å². The Morgan fingerprint density at radius 3 is 2.50 bits per heavy atom. The minimum atomic E-state index is -1.39. The first-order chi connectivity index (χ1) is 5.59. The van der Waals surface area contributed by atoms with Crippen LogP contribution in [-0.2, 0) is 9.53 Å². The van der Waals surface area contributed by atoms with Crippen LogP contribution in [0.5, 0.6) is 0 Å². The molecule has 12 heavy (non-hydrogen) atoms. The zero-order valence-electron chi connectivity index (χ0n) is 7.23. The standard InChI is InChI=1S/C7H13BO4/c1-3-12-7(9)5-4(2)6(5)8(10)11/h4-6,10-11H,3H2,1-2H3. The molecule has 0 aliphatic heterocycles. The van der Waals surface area contributed by atoms with Crippen LogP contribution in [0.15, 0.2) is 0 Å². The van der Waals surface area contributed by atoms with Gasteiger partial charge >= 0.3 is 13.1 Å². The molecule has 3 atom stereocenters. The summed E-state index contributed by atoms with van der Waals surface area (Å²) in [6.07, 6.45) is 0. The summed E-state index contributed by atoms with van der Waals surface area (Å²) < 4.78 is 4.76. The number of rotatable bonds is 3. The molecule has 1 aliphatic carbocycles. The maximum atomic E-state index is 11.1. The van der Waals surface area contributed by atoms with Gasteiger partial charge in [0.15, 0.2) is 0 Å². The average molecular weight is 172 g/mol. The van der Waals surface area contributed by atoms with Crippen LogP contribution < -0.4 is 0 Å². The third-order valence-corrected chi connectivity index (χ3v) is 2.35. The van der Waals surface area contributed by atoms with Gasteiger partial charge in [-0.3, -0.25) is 4.79 Å². The summed E-state index contributed by atoms with van der Waals surface area (Å²) in [4.78, 5) is 11.1. The Balaban J connectivity index is 2.42. The molecule has 0 amide bonds. The van der Waals surface area contributed by atoms with E-state index in [1.165, 1.54) is 0 Å². The third kappa shape index (κ3) is 1.62. The van der Waals surface area contributed by atoms with Crippen LogP contribution in [0.1, 0.15) is 13.8 Å². The predicted molar refractivity (Wildman–Crippen MR) is 43.2 cm³/mol. The van der Waals surface area contributed by atoms with Crippen LogP contribution in [0, 0.1) is 11.8 Å². The molecule has 1 fully saturated rings. The summed E-state index contributed by atoms with van der Waals surface area (Å²) >= 11 is 0. The van der Waals surface area contributed by atoms with Crippen molar-refractivity contribution in [2.24, 2.45) is 11.8 Å². The highest BCUT2D eigenvalue weighted by molar-refractivity contribution is 6.45. The van der Waals surface area contributed by atoms with Gasteiger partial charge in [-0.05, 0) is 12.8 Å². The zero-order chi connectivity index (χ0) is 9.30. The van der Waals surface area contributed by atoms with Gasteiger partial charge in [0, 0.05) is 5.82 Å². The van der Waals surface area contributed by atoms with Crippen molar-refractivity contribution in [1.82, 2.24) is 0 Å². The lowest BCUT2D eigenvalue weighted by Gasteiger charge is -1.99. The Bertz CT molecular complexity index is 182. The van der Waals surface area contributed by atoms with E-state index in [9.17, 15) is 4.79 Å². The van der Waals surface area contributed by atoms with E-state index >= 15 is 0 Å². The minimum Gasteiger partial charge on any atom is -0.466 e. The Hall–Kier alpha value is -0.545. The Labute approximate surface area is 71.7 Å². The van der Waals surface area contributed by atoms with E-state index in [-0.39, 0.29) is 23.6 Å². The maximum Gasteiger partial charge on any atom is 0.455 e. The normalized spacial score (nSPS) is 32.8. The molecule has 68 valence electrons. The molecule has 0 radical (unpaired) electrons. The first-order valence-corrected chi connectivity index (χ1v) is 4.12. The smallest absolute Gasteiger partial charge is 0.455 e. The highest BCUT2D eigenvalue weighted by atomic mass is 16.5. The number of hydrogen-bond acceptors (Lipinski definition) is 4. The van der Waals surface area contributed by atoms with E-state index in [1.54, 1.807) is 6.92 Å². The monoisotopic (exact) mass is 172 g/mol. The zero-order valence-corrected chi connectivity index (χ0v) is 7.23. The van der Waals surface area contributed by atoms with Crippen LogP contribution >= 0.6 is 0 Å². The van der Waals surface area contributed by atoms with Crippen molar-refractivity contribution >= 4 is 13.1 Å². The van der Waals surface area contributed by atoms with Gasteiger partial charge in [0.2, 0.25) is 0 Å². The SMILES string of the molecule is CCOC(=O)C1C(C)C1B(O)O. The number of hydrogen-bond donors (Lipinski definition) is 2. The van der Waals surface area contributed by atoms with Crippen molar-refractivity contribution in [2.45, 2.75) is 19.7 Å². The lowest BCUT2D eigenvalue weighted by Crippen LogP contribution is -2.15. The molecule has 0 aromatic rings. The summed E-state index contributed by atoms with van der Waals surface area (Å²) in [7, 11) is -1.39. The molecule has 0 aromatic carbocycles. The molecule has 1 aliphatic rings. The molecule has 3 unspecified atom stereocenters. The van der Waals surface area contributed by atoms with E-state index in [2.05, 4.69) is 0 Å². The summed E-state index contributed by atoms with van der Waals surface area (Å²) in [5, 5.41) is 17.6. The molecular formula is C7H13BO4. The molecule has 0 saturated heterocycles. The highest BCUT2D eigenvalue weighted by Gasteiger charge is 2.58. The second-order valence-corrected chi connectivity index (χ2v) is 3.13. The number of carbonyl (C=O) groups is 1. The summed E-state index contributed by atoms with van der Waals surface area (Å²) in [6.45, 7) is 3.89. The fourth-order valence-electron chi connectivity index (χ4n) is 1.56. The van der Waals surface area contributed by atoms with Crippen molar-refractivity contribution in [1.29, 1.82) is 0 Å². The Morgan fingerprint density at radius 2 is 2.17 bits per heavy atom. The van der Waals surface area contributed by atoms with Crippen molar-refractivity contribution in [3.8, 4) is 0 Å². The van der Waals surface area contributed by atoms with E-state index < -0.39 is 7.12 Å². The van der Waals surface area contributed by atoms with Gasteiger partial charge in [-0.25, -0.2) is 0 Å². The minimum absolute atomic E-state index is 0.0315. The molecule has 0 bridgehead atoms. The molecule has 5 heteroatoms. The Kier molecular flexibility index (Phi) is 2.74. The first-order valence-electron chi connectivity index (χ1n) is 4.12. The average Bonchev–Trinajstić information content (AvgIpc) is 2.62. The second kappa shape index (κ2) is 3.45. The molecule has 0 spiro atoms. The van der Waals surface area contributed by atoms with Gasteiger partial charge in [0.25, 0.3) is 0 Å². The molecule has 1 saturated carbocycles. The Morgan fingerprint density at radius 1 is 1.58 bits per heavy atom. The fraction of sp³-hybridized carbons (Fsp3) is 0.857. The molecular weight excluding hydrogens is 159 g/mol. The third-order valence-electron chi connectivity index (χ3n) is 2.35. The molecule has 0 heterocycles. The van der Waals surface area contributed by atoms with Crippen molar-refractivity contribution in [3.05, 3.63) is 0 Å². The topological polar surface area (TPSA) is 66.8 Å². The van der Waals surface area contributed by atoms with Gasteiger partial charge in [0.05, 0.1) is 12.5 Å². The van der Waals surface area contributed by atoms with Crippen molar-refractivity contribution in [3.63, 3.8) is 0 Å². The van der Waals surface area contributed by atoms with Crippen molar-refractivity contribution < 1.29 is 19.6 Å². The number of carbonyl (C=O) groups excluding carboxylic acids is 1. The molecule has 4 nitrogen and oxygen atoms in total. The highest BCUT2D eigenvalue weighted by Crippen LogP contribution is 2.53. The lowest BCUT2D eigenvalue weighted by atomic mass is 9.81. The summed E-state index contributed by atoms with van der Waals surface area (Å²) in [5.74, 6) is -0.929. The number of esters is 1. The van der Waals surface area contributed by atoms with E-state index in [4.69, 9.17) is 14.8 Å². The van der Waals surface area contributed by atoms with E-state index in [1.807, 2.05) is 6.92 Å².